The summed E-state index contributed by atoms with van der Waals surface area (Å²) in [5, 5.41) is 52.7. The SMILES string of the molecule is Cc1c(O)cc(O)cc1O.Oc1cc(O)cc(O)c1. The third-order valence-electron chi connectivity index (χ3n) is 2.22. The first-order valence-electron chi connectivity index (χ1n) is 5.23. The van der Waals surface area contributed by atoms with E-state index in [1.54, 1.807) is 6.92 Å². The van der Waals surface area contributed by atoms with Gasteiger partial charge in [0.05, 0.1) is 0 Å². The Hall–Kier alpha value is -2.76. The Morgan fingerprint density at radius 2 is 0.789 bits per heavy atom. The molecule has 0 saturated carbocycles. The third-order valence-corrected chi connectivity index (χ3v) is 2.22. The highest BCUT2D eigenvalue weighted by molar-refractivity contribution is 5.47. The van der Waals surface area contributed by atoms with Crippen molar-refractivity contribution in [3.63, 3.8) is 0 Å². The zero-order valence-corrected chi connectivity index (χ0v) is 10.1. The Morgan fingerprint density at radius 1 is 0.526 bits per heavy atom. The van der Waals surface area contributed by atoms with Gasteiger partial charge in [0.2, 0.25) is 0 Å². The number of hydrogen-bond acceptors (Lipinski definition) is 6. The lowest BCUT2D eigenvalue weighted by molar-refractivity contribution is 0.422. The van der Waals surface area contributed by atoms with Crippen molar-refractivity contribution >= 4 is 0 Å². The molecule has 2 aromatic carbocycles. The van der Waals surface area contributed by atoms with Crippen LogP contribution in [0.25, 0.3) is 0 Å². The Kier molecular flexibility index (Phi) is 4.31. The van der Waals surface area contributed by atoms with Crippen LogP contribution in [0, 0.1) is 6.92 Å². The van der Waals surface area contributed by atoms with E-state index in [9.17, 15) is 0 Å². The van der Waals surface area contributed by atoms with E-state index in [1.165, 1.54) is 12.1 Å². The molecule has 2 aromatic rings. The molecule has 0 radical (unpaired) electrons. The van der Waals surface area contributed by atoms with Gasteiger partial charge in [-0.2, -0.15) is 0 Å². The molecule has 0 saturated heterocycles. The summed E-state index contributed by atoms with van der Waals surface area (Å²) < 4.78 is 0. The van der Waals surface area contributed by atoms with Crippen LogP contribution >= 0.6 is 0 Å². The van der Waals surface area contributed by atoms with Crippen LogP contribution in [0.2, 0.25) is 0 Å². The molecule has 2 rings (SSSR count). The highest BCUT2D eigenvalue weighted by atomic mass is 16.3. The van der Waals surface area contributed by atoms with Crippen LogP contribution in [-0.2, 0) is 0 Å². The van der Waals surface area contributed by atoms with Gasteiger partial charge >= 0.3 is 0 Å². The van der Waals surface area contributed by atoms with Gasteiger partial charge in [0.1, 0.15) is 34.5 Å². The van der Waals surface area contributed by atoms with E-state index >= 15 is 0 Å². The summed E-state index contributed by atoms with van der Waals surface area (Å²) in [5.74, 6) is -0.775. The van der Waals surface area contributed by atoms with Crippen LogP contribution in [0.5, 0.6) is 34.5 Å². The molecular weight excluding hydrogens is 252 g/mol. The van der Waals surface area contributed by atoms with Gasteiger partial charge in [-0.3, -0.25) is 0 Å². The van der Waals surface area contributed by atoms with Gasteiger partial charge in [-0.05, 0) is 6.92 Å². The molecule has 0 unspecified atom stereocenters. The van der Waals surface area contributed by atoms with Gasteiger partial charge in [-0.15, -0.1) is 0 Å². The highest BCUT2D eigenvalue weighted by Crippen LogP contribution is 2.30. The van der Waals surface area contributed by atoms with E-state index in [1.807, 2.05) is 0 Å². The van der Waals surface area contributed by atoms with Crippen LogP contribution < -0.4 is 0 Å². The molecule has 0 aliphatic heterocycles. The molecular formula is C13H14O6. The molecule has 0 heterocycles. The van der Waals surface area contributed by atoms with Crippen molar-refractivity contribution in [1.82, 2.24) is 0 Å². The maximum absolute atomic E-state index is 8.96. The van der Waals surface area contributed by atoms with Crippen molar-refractivity contribution in [2.24, 2.45) is 0 Å². The molecule has 0 aromatic heterocycles. The van der Waals surface area contributed by atoms with E-state index in [-0.39, 0.29) is 34.5 Å². The lowest BCUT2D eigenvalue weighted by Crippen LogP contribution is -1.75. The van der Waals surface area contributed by atoms with Gasteiger partial charge in [-0.25, -0.2) is 0 Å². The van der Waals surface area contributed by atoms with Gasteiger partial charge < -0.3 is 30.6 Å². The summed E-state index contributed by atoms with van der Waals surface area (Å²) in [4.78, 5) is 0. The summed E-state index contributed by atoms with van der Waals surface area (Å²) in [6.07, 6.45) is 0. The number of aromatic hydroxyl groups is 6. The molecule has 0 bridgehead atoms. The van der Waals surface area contributed by atoms with Crippen molar-refractivity contribution in [3.05, 3.63) is 35.9 Å². The van der Waals surface area contributed by atoms with Crippen LogP contribution in [0.3, 0.4) is 0 Å². The summed E-state index contributed by atoms with van der Waals surface area (Å²) in [6.45, 7) is 1.56. The quantitative estimate of drug-likeness (QED) is 0.433. The fourth-order valence-electron chi connectivity index (χ4n) is 1.25. The minimum absolute atomic E-state index is 0.0995. The molecule has 0 spiro atoms. The first-order chi connectivity index (χ1) is 8.79. The van der Waals surface area contributed by atoms with Crippen LogP contribution in [0.4, 0.5) is 0 Å². The van der Waals surface area contributed by atoms with Crippen molar-refractivity contribution in [3.8, 4) is 34.5 Å². The first kappa shape index (κ1) is 14.3. The highest BCUT2D eigenvalue weighted by Gasteiger charge is 2.02. The Bertz CT molecular complexity index is 506. The van der Waals surface area contributed by atoms with Gasteiger partial charge in [0.15, 0.2) is 0 Å². The first-order valence-corrected chi connectivity index (χ1v) is 5.23. The lowest BCUT2D eigenvalue weighted by atomic mass is 10.2. The molecule has 6 nitrogen and oxygen atoms in total. The molecule has 0 fully saturated rings. The number of phenols is 6. The van der Waals surface area contributed by atoms with Gasteiger partial charge in [0.25, 0.3) is 0 Å². The van der Waals surface area contributed by atoms with Crippen molar-refractivity contribution in [2.45, 2.75) is 6.92 Å². The average Bonchev–Trinajstić information content (AvgIpc) is 2.24. The minimum atomic E-state index is -0.146. The molecule has 0 aliphatic rings. The van der Waals surface area contributed by atoms with E-state index in [2.05, 4.69) is 0 Å². The van der Waals surface area contributed by atoms with E-state index in [4.69, 9.17) is 30.6 Å². The van der Waals surface area contributed by atoms with E-state index in [0.29, 0.717) is 5.56 Å². The zero-order valence-electron chi connectivity index (χ0n) is 10.1. The number of hydrogen-bond donors (Lipinski definition) is 6. The zero-order chi connectivity index (χ0) is 14.6. The number of rotatable bonds is 0. The maximum Gasteiger partial charge on any atom is 0.125 e. The van der Waals surface area contributed by atoms with Gasteiger partial charge in [0, 0.05) is 35.9 Å². The summed E-state index contributed by atoms with van der Waals surface area (Å²) >= 11 is 0. The van der Waals surface area contributed by atoms with Crippen molar-refractivity contribution in [1.29, 1.82) is 0 Å². The molecule has 102 valence electrons. The van der Waals surface area contributed by atoms with E-state index in [0.717, 1.165) is 18.2 Å². The smallest absolute Gasteiger partial charge is 0.125 e. The monoisotopic (exact) mass is 266 g/mol. The molecule has 6 N–H and O–H groups in total. The average molecular weight is 266 g/mol. The second-order valence-corrected chi connectivity index (χ2v) is 3.82. The number of phenolic OH excluding ortho intramolecular Hbond substituents is 6. The van der Waals surface area contributed by atoms with Crippen molar-refractivity contribution in [2.75, 3.05) is 0 Å². The molecule has 6 heteroatoms. The summed E-state index contributed by atoms with van der Waals surface area (Å²) in [6, 6.07) is 5.77. The van der Waals surface area contributed by atoms with Crippen LogP contribution in [0.1, 0.15) is 5.56 Å². The minimum Gasteiger partial charge on any atom is -0.508 e. The van der Waals surface area contributed by atoms with Crippen LogP contribution in [-0.4, -0.2) is 30.6 Å². The van der Waals surface area contributed by atoms with Crippen LogP contribution in [0.15, 0.2) is 30.3 Å². The maximum atomic E-state index is 8.96. The second-order valence-electron chi connectivity index (χ2n) is 3.82. The molecule has 0 atom stereocenters. The largest absolute Gasteiger partial charge is 0.508 e. The third kappa shape index (κ3) is 4.19. The predicted octanol–water partition coefficient (Wildman–Crippen LogP) is 1.92. The fourth-order valence-corrected chi connectivity index (χ4v) is 1.25. The molecule has 0 aliphatic carbocycles. The second kappa shape index (κ2) is 5.72. The normalized spacial score (nSPS) is 9.53. The molecule has 0 amide bonds. The van der Waals surface area contributed by atoms with Crippen molar-refractivity contribution < 1.29 is 30.6 Å². The fraction of sp³-hybridized carbons (Fsp3) is 0.0769. The Morgan fingerprint density at radius 3 is 1.11 bits per heavy atom. The van der Waals surface area contributed by atoms with Gasteiger partial charge in [-0.1, -0.05) is 0 Å². The summed E-state index contributed by atoms with van der Waals surface area (Å²) in [7, 11) is 0. The number of benzene rings is 2. The lowest BCUT2D eigenvalue weighted by Gasteiger charge is -2.01. The molecule has 19 heavy (non-hydrogen) atoms. The Balaban J connectivity index is 0.000000191. The summed E-state index contributed by atoms with van der Waals surface area (Å²) in [5.41, 5.74) is 0.373. The standard InChI is InChI=1S/C7H8O3.C6H6O3/c1-4-6(9)2-5(8)3-7(4)10;7-4-1-5(8)3-6(9)2-4/h2-3,8-10H,1H3;1-3,7-9H. The topological polar surface area (TPSA) is 121 Å². The predicted molar refractivity (Wildman–Crippen MR) is 67.6 cm³/mol. The van der Waals surface area contributed by atoms with E-state index < -0.39 is 0 Å². The Labute approximate surface area is 109 Å².